The van der Waals surface area contributed by atoms with Crippen LogP contribution in [0.5, 0.6) is 0 Å². The summed E-state index contributed by atoms with van der Waals surface area (Å²) in [4.78, 5) is 25.6. The number of aromatic nitrogens is 4. The van der Waals surface area contributed by atoms with Gasteiger partial charge in [0, 0.05) is 22.9 Å². The van der Waals surface area contributed by atoms with Gasteiger partial charge in [-0.25, -0.2) is 0 Å². The van der Waals surface area contributed by atoms with Crippen LogP contribution in [0.1, 0.15) is 22.8 Å². The van der Waals surface area contributed by atoms with Gasteiger partial charge in [0.15, 0.2) is 5.78 Å². The molecule has 156 valence electrons. The summed E-state index contributed by atoms with van der Waals surface area (Å²) in [5, 5.41) is 14.2. The summed E-state index contributed by atoms with van der Waals surface area (Å²) < 4.78 is 38.6. The number of hydrogen-bond acceptors (Lipinski definition) is 6. The van der Waals surface area contributed by atoms with E-state index in [0.29, 0.717) is 16.1 Å². The molecule has 3 rings (SSSR count). The van der Waals surface area contributed by atoms with Gasteiger partial charge in [-0.05, 0) is 41.8 Å². The highest BCUT2D eigenvalue weighted by molar-refractivity contribution is 7.98. The van der Waals surface area contributed by atoms with E-state index in [-0.39, 0.29) is 29.6 Å². The Bertz CT molecular complexity index is 1100. The van der Waals surface area contributed by atoms with Gasteiger partial charge in [-0.15, -0.1) is 22.0 Å². The number of tetrazole rings is 1. The zero-order chi connectivity index (χ0) is 21.9. The standard InChI is InChI=1S/C19H16F3N5O2S/c1-11(28)23-15-7-6-12(9-17(15)30-2)16(29)10-27-25-18(24-26-27)13-4-3-5-14(8-13)19(20,21)22/h3-9H,10H2,1-2H3,(H,23,28). The molecular formula is C19H16F3N5O2S. The molecule has 1 N–H and O–H groups in total. The predicted octanol–water partition coefficient (Wildman–Crippen LogP) is 3.92. The Hall–Kier alpha value is -3.21. The quantitative estimate of drug-likeness (QED) is 0.466. The van der Waals surface area contributed by atoms with Crippen molar-refractivity contribution < 1.29 is 22.8 Å². The monoisotopic (exact) mass is 435 g/mol. The second-order valence-electron chi connectivity index (χ2n) is 6.24. The van der Waals surface area contributed by atoms with E-state index in [1.165, 1.54) is 30.8 Å². The second kappa shape index (κ2) is 8.66. The number of rotatable bonds is 6. The highest BCUT2D eigenvalue weighted by Crippen LogP contribution is 2.31. The van der Waals surface area contributed by atoms with Crippen LogP contribution in [0, 0.1) is 0 Å². The fraction of sp³-hybridized carbons (Fsp3) is 0.211. The van der Waals surface area contributed by atoms with E-state index in [1.54, 1.807) is 18.2 Å². The second-order valence-corrected chi connectivity index (χ2v) is 7.09. The molecule has 0 aliphatic rings. The minimum absolute atomic E-state index is 0.0142. The molecule has 0 unspecified atom stereocenters. The fourth-order valence-electron chi connectivity index (χ4n) is 2.64. The number of carbonyl (C=O) groups excluding carboxylic acids is 2. The Morgan fingerprint density at radius 3 is 2.60 bits per heavy atom. The number of ketones is 1. The zero-order valence-corrected chi connectivity index (χ0v) is 16.7. The van der Waals surface area contributed by atoms with Gasteiger partial charge >= 0.3 is 6.18 Å². The number of hydrogen-bond donors (Lipinski definition) is 1. The molecule has 2 aromatic carbocycles. The predicted molar refractivity (Wildman–Crippen MR) is 105 cm³/mol. The van der Waals surface area contributed by atoms with Crippen LogP contribution in [0.25, 0.3) is 11.4 Å². The molecule has 3 aromatic rings. The number of benzene rings is 2. The van der Waals surface area contributed by atoms with Crippen molar-refractivity contribution in [2.24, 2.45) is 0 Å². The van der Waals surface area contributed by atoms with Gasteiger partial charge in [-0.1, -0.05) is 12.1 Å². The van der Waals surface area contributed by atoms with E-state index in [9.17, 15) is 22.8 Å². The highest BCUT2D eigenvalue weighted by atomic mass is 32.2. The molecule has 0 aliphatic heterocycles. The van der Waals surface area contributed by atoms with Gasteiger partial charge in [-0.2, -0.15) is 18.0 Å². The molecule has 0 radical (unpaired) electrons. The maximum atomic E-state index is 12.9. The molecule has 0 bridgehead atoms. The van der Waals surface area contributed by atoms with E-state index in [4.69, 9.17) is 0 Å². The Labute approximate surface area is 173 Å². The van der Waals surface area contributed by atoms with E-state index in [0.717, 1.165) is 16.9 Å². The Morgan fingerprint density at radius 1 is 1.17 bits per heavy atom. The van der Waals surface area contributed by atoms with Crippen LogP contribution in [0.15, 0.2) is 47.4 Å². The number of Topliss-reactive ketones (excluding diaryl/α,β-unsaturated/α-hetero) is 1. The molecule has 30 heavy (non-hydrogen) atoms. The number of amides is 1. The molecule has 1 heterocycles. The van der Waals surface area contributed by atoms with Crippen LogP contribution in [0.2, 0.25) is 0 Å². The van der Waals surface area contributed by atoms with E-state index in [2.05, 4.69) is 20.7 Å². The minimum Gasteiger partial charge on any atom is -0.325 e. The van der Waals surface area contributed by atoms with Crippen molar-refractivity contribution in [2.75, 3.05) is 11.6 Å². The smallest absolute Gasteiger partial charge is 0.325 e. The molecule has 0 saturated carbocycles. The summed E-state index contributed by atoms with van der Waals surface area (Å²) in [6.07, 6.45) is -2.67. The number of thioether (sulfide) groups is 1. The van der Waals surface area contributed by atoms with Crippen molar-refractivity contribution in [3.05, 3.63) is 53.6 Å². The first-order valence-electron chi connectivity index (χ1n) is 8.61. The molecule has 0 saturated heterocycles. The SMILES string of the molecule is CSc1cc(C(=O)Cn2nnc(-c3cccc(C(F)(F)F)c3)n2)ccc1NC(C)=O. The van der Waals surface area contributed by atoms with Crippen LogP contribution in [0.4, 0.5) is 18.9 Å². The van der Waals surface area contributed by atoms with Gasteiger partial charge in [-0.3, -0.25) is 9.59 Å². The lowest BCUT2D eigenvalue weighted by Gasteiger charge is -2.09. The van der Waals surface area contributed by atoms with Crippen molar-refractivity contribution in [2.45, 2.75) is 24.5 Å². The van der Waals surface area contributed by atoms with Crippen LogP contribution in [-0.4, -0.2) is 38.2 Å². The summed E-state index contributed by atoms with van der Waals surface area (Å²) in [6.45, 7) is 1.15. The Morgan fingerprint density at radius 2 is 1.93 bits per heavy atom. The summed E-state index contributed by atoms with van der Waals surface area (Å²) in [5.74, 6) is -0.550. The molecule has 0 fully saturated rings. The summed E-state index contributed by atoms with van der Waals surface area (Å²) >= 11 is 1.37. The Kier molecular flexibility index (Phi) is 6.20. The molecule has 0 spiro atoms. The third-order valence-electron chi connectivity index (χ3n) is 4.02. The molecular weight excluding hydrogens is 419 g/mol. The van der Waals surface area contributed by atoms with E-state index in [1.807, 2.05) is 6.26 Å². The number of nitrogens with zero attached hydrogens (tertiary/aromatic N) is 4. The Balaban J connectivity index is 1.78. The lowest BCUT2D eigenvalue weighted by molar-refractivity contribution is -0.137. The van der Waals surface area contributed by atoms with Gasteiger partial charge in [0.1, 0.15) is 6.54 Å². The topological polar surface area (TPSA) is 89.8 Å². The van der Waals surface area contributed by atoms with Gasteiger partial charge in [0.05, 0.1) is 11.3 Å². The highest BCUT2D eigenvalue weighted by Gasteiger charge is 2.30. The first-order valence-corrected chi connectivity index (χ1v) is 9.84. The summed E-state index contributed by atoms with van der Waals surface area (Å²) in [7, 11) is 0. The van der Waals surface area contributed by atoms with Gasteiger partial charge in [0.2, 0.25) is 11.7 Å². The van der Waals surface area contributed by atoms with Crippen LogP contribution >= 0.6 is 11.8 Å². The van der Waals surface area contributed by atoms with Crippen LogP contribution in [0.3, 0.4) is 0 Å². The summed E-state index contributed by atoms with van der Waals surface area (Å²) in [6, 6.07) is 9.40. The number of nitrogens with one attached hydrogen (secondary N) is 1. The van der Waals surface area contributed by atoms with Crippen molar-refractivity contribution in [1.29, 1.82) is 0 Å². The number of halogens is 3. The largest absolute Gasteiger partial charge is 0.416 e. The molecule has 1 aromatic heterocycles. The summed E-state index contributed by atoms with van der Waals surface area (Å²) in [5.41, 5.74) is 0.299. The first kappa shape index (κ1) is 21.5. The lowest BCUT2D eigenvalue weighted by Crippen LogP contribution is -2.14. The van der Waals surface area contributed by atoms with E-state index < -0.39 is 11.7 Å². The molecule has 0 atom stereocenters. The van der Waals surface area contributed by atoms with Crippen molar-refractivity contribution in [3.8, 4) is 11.4 Å². The number of alkyl halides is 3. The average Bonchev–Trinajstić information content (AvgIpc) is 3.15. The molecule has 0 aliphatic carbocycles. The number of carbonyl (C=O) groups is 2. The normalized spacial score (nSPS) is 11.4. The third-order valence-corrected chi connectivity index (χ3v) is 4.80. The third kappa shape index (κ3) is 5.03. The molecule has 1 amide bonds. The van der Waals surface area contributed by atoms with Crippen LogP contribution in [-0.2, 0) is 17.5 Å². The number of anilines is 1. The lowest BCUT2D eigenvalue weighted by atomic mass is 10.1. The molecule has 11 heteroatoms. The van der Waals surface area contributed by atoms with Crippen molar-refractivity contribution >= 4 is 29.1 Å². The van der Waals surface area contributed by atoms with Gasteiger partial charge in [0.25, 0.3) is 0 Å². The maximum Gasteiger partial charge on any atom is 0.416 e. The van der Waals surface area contributed by atoms with Crippen molar-refractivity contribution in [1.82, 2.24) is 20.2 Å². The van der Waals surface area contributed by atoms with Crippen molar-refractivity contribution in [3.63, 3.8) is 0 Å². The fourth-order valence-corrected chi connectivity index (χ4v) is 3.22. The zero-order valence-electron chi connectivity index (χ0n) is 15.9. The van der Waals surface area contributed by atoms with Gasteiger partial charge < -0.3 is 5.32 Å². The maximum absolute atomic E-state index is 12.9. The average molecular weight is 435 g/mol. The minimum atomic E-state index is -4.49. The van der Waals surface area contributed by atoms with E-state index >= 15 is 0 Å². The first-order chi connectivity index (χ1) is 14.2. The molecule has 7 nitrogen and oxygen atoms in total. The van der Waals surface area contributed by atoms with Crippen LogP contribution < -0.4 is 5.32 Å².